The standard InChI is InChI=1S/C15H23N3S/c1-9-5-6-13(11(9)3)16-7-14-12(4)17-15-18(14)8-10(2)19-15/h8-9,11,13,16H,5-7H2,1-4H3. The lowest BCUT2D eigenvalue weighted by Gasteiger charge is -2.19. The van der Waals surface area contributed by atoms with Crippen LogP contribution in [0.1, 0.15) is 43.0 Å². The average Bonchev–Trinajstić information content (AvgIpc) is 2.94. The summed E-state index contributed by atoms with van der Waals surface area (Å²) in [6, 6.07) is 0.666. The summed E-state index contributed by atoms with van der Waals surface area (Å²) in [5.41, 5.74) is 2.49. The van der Waals surface area contributed by atoms with Crippen LogP contribution in [0.4, 0.5) is 0 Å². The van der Waals surface area contributed by atoms with Crippen LogP contribution in [0, 0.1) is 25.7 Å². The van der Waals surface area contributed by atoms with Crippen molar-refractivity contribution < 1.29 is 0 Å². The van der Waals surface area contributed by atoms with E-state index in [1.54, 1.807) is 11.3 Å². The summed E-state index contributed by atoms with van der Waals surface area (Å²) in [5.74, 6) is 1.64. The molecule has 0 aliphatic heterocycles. The Kier molecular flexibility index (Phi) is 3.39. The van der Waals surface area contributed by atoms with Gasteiger partial charge in [0, 0.05) is 23.7 Å². The van der Waals surface area contributed by atoms with Gasteiger partial charge < -0.3 is 5.32 Å². The lowest BCUT2D eigenvalue weighted by Crippen LogP contribution is -2.32. The molecule has 104 valence electrons. The van der Waals surface area contributed by atoms with Gasteiger partial charge in [0.15, 0.2) is 4.96 Å². The Hall–Kier alpha value is -0.870. The fourth-order valence-electron chi connectivity index (χ4n) is 3.20. The molecule has 3 nitrogen and oxygen atoms in total. The van der Waals surface area contributed by atoms with Crippen LogP contribution in [0.5, 0.6) is 0 Å². The Balaban J connectivity index is 1.76. The highest BCUT2D eigenvalue weighted by Gasteiger charge is 2.29. The van der Waals surface area contributed by atoms with Gasteiger partial charge in [-0.15, -0.1) is 11.3 Å². The molecule has 2 aromatic rings. The fraction of sp³-hybridized carbons (Fsp3) is 0.667. The number of hydrogen-bond donors (Lipinski definition) is 1. The number of aromatic nitrogens is 2. The van der Waals surface area contributed by atoms with E-state index in [1.807, 2.05) is 0 Å². The zero-order chi connectivity index (χ0) is 13.6. The first-order chi connectivity index (χ1) is 9.06. The molecule has 0 radical (unpaired) electrons. The topological polar surface area (TPSA) is 29.3 Å². The van der Waals surface area contributed by atoms with Crippen molar-refractivity contribution in [2.75, 3.05) is 0 Å². The molecule has 4 heteroatoms. The van der Waals surface area contributed by atoms with Crippen LogP contribution in [-0.4, -0.2) is 15.4 Å². The molecule has 2 heterocycles. The van der Waals surface area contributed by atoms with Crippen LogP contribution in [0.3, 0.4) is 0 Å². The van der Waals surface area contributed by atoms with Gasteiger partial charge in [-0.3, -0.25) is 4.40 Å². The quantitative estimate of drug-likeness (QED) is 0.930. The predicted molar refractivity (Wildman–Crippen MR) is 80.7 cm³/mol. The zero-order valence-electron chi connectivity index (χ0n) is 12.2. The van der Waals surface area contributed by atoms with Gasteiger partial charge >= 0.3 is 0 Å². The number of nitrogens with zero attached hydrogens (tertiary/aromatic N) is 2. The fourth-order valence-corrected chi connectivity index (χ4v) is 4.09. The van der Waals surface area contributed by atoms with Crippen molar-refractivity contribution in [1.29, 1.82) is 0 Å². The number of imidazole rings is 1. The van der Waals surface area contributed by atoms with Crippen LogP contribution in [-0.2, 0) is 6.54 Å². The number of nitrogens with one attached hydrogen (secondary N) is 1. The number of fused-ring (bicyclic) bond motifs is 1. The second-order valence-electron chi connectivity index (χ2n) is 6.04. The summed E-state index contributed by atoms with van der Waals surface area (Å²) in [4.78, 5) is 7.10. The van der Waals surface area contributed by atoms with Crippen LogP contribution in [0.25, 0.3) is 4.96 Å². The monoisotopic (exact) mass is 277 g/mol. The molecule has 3 unspecified atom stereocenters. The maximum absolute atomic E-state index is 4.65. The molecular formula is C15H23N3S. The van der Waals surface area contributed by atoms with Crippen molar-refractivity contribution >= 4 is 16.3 Å². The number of thiazole rings is 1. The predicted octanol–water partition coefficient (Wildman–Crippen LogP) is 3.54. The van der Waals surface area contributed by atoms with Gasteiger partial charge in [0.05, 0.1) is 11.4 Å². The largest absolute Gasteiger partial charge is 0.308 e. The molecule has 1 aliphatic rings. The summed E-state index contributed by atoms with van der Waals surface area (Å²) in [6.45, 7) is 9.95. The Morgan fingerprint density at radius 1 is 1.37 bits per heavy atom. The van der Waals surface area contributed by atoms with E-state index in [-0.39, 0.29) is 0 Å². The molecule has 0 spiro atoms. The highest BCUT2D eigenvalue weighted by molar-refractivity contribution is 7.17. The van der Waals surface area contributed by atoms with E-state index in [0.29, 0.717) is 6.04 Å². The molecule has 19 heavy (non-hydrogen) atoms. The van der Waals surface area contributed by atoms with E-state index in [1.165, 1.54) is 23.4 Å². The molecule has 2 aromatic heterocycles. The van der Waals surface area contributed by atoms with Crippen LogP contribution in [0.2, 0.25) is 0 Å². The average molecular weight is 277 g/mol. The molecule has 3 atom stereocenters. The Labute approximate surface area is 119 Å². The van der Waals surface area contributed by atoms with Gasteiger partial charge in [-0.05, 0) is 38.5 Å². The lowest BCUT2D eigenvalue weighted by atomic mass is 9.98. The summed E-state index contributed by atoms with van der Waals surface area (Å²) >= 11 is 1.77. The second kappa shape index (κ2) is 4.91. The minimum atomic E-state index is 0.666. The lowest BCUT2D eigenvalue weighted by molar-refractivity contribution is 0.368. The minimum absolute atomic E-state index is 0.666. The van der Waals surface area contributed by atoms with E-state index >= 15 is 0 Å². The van der Waals surface area contributed by atoms with Crippen LogP contribution >= 0.6 is 11.3 Å². The van der Waals surface area contributed by atoms with Crippen molar-refractivity contribution in [1.82, 2.24) is 14.7 Å². The highest BCUT2D eigenvalue weighted by atomic mass is 32.1. The molecule has 0 amide bonds. The second-order valence-corrected chi connectivity index (χ2v) is 7.25. The first-order valence-electron chi connectivity index (χ1n) is 7.23. The number of aryl methyl sites for hydroxylation is 2. The van der Waals surface area contributed by atoms with E-state index in [4.69, 9.17) is 0 Å². The molecular weight excluding hydrogens is 254 g/mol. The SMILES string of the molecule is Cc1cn2c(CNC3CCC(C)C3C)c(C)nc2s1. The van der Waals surface area contributed by atoms with Gasteiger partial charge in [-0.1, -0.05) is 13.8 Å². The van der Waals surface area contributed by atoms with Crippen molar-refractivity contribution in [3.05, 3.63) is 22.5 Å². The minimum Gasteiger partial charge on any atom is -0.308 e. The van der Waals surface area contributed by atoms with Crippen LogP contribution < -0.4 is 5.32 Å². The van der Waals surface area contributed by atoms with E-state index < -0.39 is 0 Å². The van der Waals surface area contributed by atoms with E-state index in [9.17, 15) is 0 Å². The first-order valence-corrected chi connectivity index (χ1v) is 8.05. The van der Waals surface area contributed by atoms with Gasteiger partial charge in [-0.2, -0.15) is 0 Å². The van der Waals surface area contributed by atoms with Crippen molar-refractivity contribution in [2.45, 2.75) is 53.1 Å². The molecule has 1 fully saturated rings. The summed E-state index contributed by atoms with van der Waals surface area (Å²) in [7, 11) is 0. The van der Waals surface area contributed by atoms with Crippen molar-refractivity contribution in [3.63, 3.8) is 0 Å². The van der Waals surface area contributed by atoms with Crippen molar-refractivity contribution in [2.24, 2.45) is 11.8 Å². The maximum atomic E-state index is 4.65. The number of hydrogen-bond acceptors (Lipinski definition) is 3. The molecule has 0 bridgehead atoms. The highest BCUT2D eigenvalue weighted by Crippen LogP contribution is 2.31. The first kappa shape index (κ1) is 13.1. The molecule has 0 saturated heterocycles. The molecule has 3 rings (SSSR count). The summed E-state index contributed by atoms with van der Waals surface area (Å²) < 4.78 is 2.26. The molecule has 1 aliphatic carbocycles. The molecule has 1 N–H and O–H groups in total. The van der Waals surface area contributed by atoms with Crippen molar-refractivity contribution in [3.8, 4) is 0 Å². The normalized spacial score (nSPS) is 27.5. The number of rotatable bonds is 3. The maximum Gasteiger partial charge on any atom is 0.194 e. The third kappa shape index (κ3) is 2.32. The van der Waals surface area contributed by atoms with E-state index in [2.05, 4.69) is 48.6 Å². The van der Waals surface area contributed by atoms with Crippen LogP contribution in [0.15, 0.2) is 6.20 Å². The Morgan fingerprint density at radius 3 is 2.84 bits per heavy atom. The third-order valence-corrected chi connectivity index (χ3v) is 5.64. The van der Waals surface area contributed by atoms with Gasteiger partial charge in [0.1, 0.15) is 0 Å². The molecule has 1 saturated carbocycles. The Morgan fingerprint density at radius 2 is 2.16 bits per heavy atom. The smallest absolute Gasteiger partial charge is 0.194 e. The zero-order valence-corrected chi connectivity index (χ0v) is 13.0. The summed E-state index contributed by atoms with van der Waals surface area (Å²) in [5, 5.41) is 3.75. The summed E-state index contributed by atoms with van der Waals surface area (Å²) in [6.07, 6.45) is 4.88. The van der Waals surface area contributed by atoms with E-state index in [0.717, 1.165) is 29.0 Å². The third-order valence-electron chi connectivity index (χ3n) is 4.74. The van der Waals surface area contributed by atoms with Gasteiger partial charge in [0.2, 0.25) is 0 Å². The Bertz CT molecular complexity index is 583. The molecule has 0 aromatic carbocycles. The van der Waals surface area contributed by atoms with Gasteiger partial charge in [-0.25, -0.2) is 4.98 Å². The van der Waals surface area contributed by atoms with Gasteiger partial charge in [0.25, 0.3) is 0 Å².